The van der Waals surface area contributed by atoms with Crippen LogP contribution in [-0.4, -0.2) is 17.4 Å². The fourth-order valence-corrected chi connectivity index (χ4v) is 2.94. The topological polar surface area (TPSA) is 29.5 Å². The van der Waals surface area contributed by atoms with Gasteiger partial charge in [0.2, 0.25) is 5.91 Å². The van der Waals surface area contributed by atoms with Gasteiger partial charge in [-0.3, -0.25) is 4.79 Å². The summed E-state index contributed by atoms with van der Waals surface area (Å²) in [7, 11) is 0. The predicted octanol–water partition coefficient (Wildman–Crippen LogP) is 4.36. The Labute approximate surface area is 149 Å². The van der Waals surface area contributed by atoms with Gasteiger partial charge in [0.1, 0.15) is 12.4 Å². The second-order valence-corrected chi connectivity index (χ2v) is 6.13. The number of nitrogens with zero attached hydrogens (tertiary/aromatic N) is 1. The smallest absolute Gasteiger partial charge is 0.416 e. The van der Waals surface area contributed by atoms with Crippen LogP contribution in [0.15, 0.2) is 55.1 Å². The molecule has 0 N–H and O–H groups in total. The van der Waals surface area contributed by atoms with E-state index in [1.807, 2.05) is 12.1 Å². The van der Waals surface area contributed by atoms with Crippen LogP contribution in [0, 0.1) is 0 Å². The Morgan fingerprint density at radius 1 is 1.19 bits per heavy atom. The number of fused-ring (bicyclic) bond motifs is 1. The van der Waals surface area contributed by atoms with Crippen LogP contribution >= 0.6 is 0 Å². The van der Waals surface area contributed by atoms with Crippen molar-refractivity contribution in [3.63, 3.8) is 0 Å². The first kappa shape index (κ1) is 18.0. The highest BCUT2D eigenvalue weighted by atomic mass is 19.4. The quantitative estimate of drug-likeness (QED) is 0.758. The molecular weight excluding hydrogens is 343 g/mol. The molecule has 3 rings (SSSR count). The van der Waals surface area contributed by atoms with Gasteiger partial charge >= 0.3 is 6.18 Å². The standard InChI is InChI=1S/C20H18F3NO2/c1-2-19(25)24-9-8-15-6-7-18(11-16(15)12-24)26-13-14-4-3-5-17(10-14)20(21,22)23/h2-7,10-11H,1,8-9,12-13H2. The van der Waals surface area contributed by atoms with E-state index in [9.17, 15) is 18.0 Å². The average Bonchev–Trinajstić information content (AvgIpc) is 2.64. The van der Waals surface area contributed by atoms with Crippen LogP contribution in [0.4, 0.5) is 13.2 Å². The van der Waals surface area contributed by atoms with E-state index in [1.165, 1.54) is 12.1 Å². The van der Waals surface area contributed by atoms with E-state index in [0.29, 0.717) is 24.4 Å². The molecule has 1 amide bonds. The van der Waals surface area contributed by atoms with E-state index in [1.54, 1.807) is 17.0 Å². The van der Waals surface area contributed by atoms with Crippen molar-refractivity contribution >= 4 is 5.91 Å². The first-order valence-corrected chi connectivity index (χ1v) is 8.19. The fraction of sp³-hybridized carbons (Fsp3) is 0.250. The molecule has 1 heterocycles. The van der Waals surface area contributed by atoms with Crippen molar-refractivity contribution in [1.29, 1.82) is 0 Å². The Hall–Kier alpha value is -2.76. The number of ether oxygens (including phenoxy) is 1. The summed E-state index contributed by atoms with van der Waals surface area (Å²) in [5, 5.41) is 0. The van der Waals surface area contributed by atoms with Gasteiger partial charge in [-0.05, 0) is 53.5 Å². The van der Waals surface area contributed by atoms with Crippen LogP contribution in [0.2, 0.25) is 0 Å². The molecule has 2 aromatic rings. The van der Waals surface area contributed by atoms with Gasteiger partial charge in [0.15, 0.2) is 0 Å². The fourth-order valence-electron chi connectivity index (χ4n) is 2.94. The molecule has 0 saturated heterocycles. The Balaban J connectivity index is 1.70. The van der Waals surface area contributed by atoms with Crippen molar-refractivity contribution < 1.29 is 22.7 Å². The van der Waals surface area contributed by atoms with Crippen molar-refractivity contribution in [1.82, 2.24) is 4.90 Å². The van der Waals surface area contributed by atoms with E-state index in [2.05, 4.69) is 6.58 Å². The Morgan fingerprint density at radius 2 is 2.00 bits per heavy atom. The number of hydrogen-bond donors (Lipinski definition) is 0. The highest BCUT2D eigenvalue weighted by Gasteiger charge is 2.30. The Bertz CT molecular complexity index is 830. The second kappa shape index (κ2) is 7.23. The van der Waals surface area contributed by atoms with E-state index >= 15 is 0 Å². The second-order valence-electron chi connectivity index (χ2n) is 6.13. The summed E-state index contributed by atoms with van der Waals surface area (Å²) in [5.74, 6) is 0.444. The van der Waals surface area contributed by atoms with Crippen molar-refractivity contribution in [3.8, 4) is 5.75 Å². The lowest BCUT2D eigenvalue weighted by Gasteiger charge is -2.28. The van der Waals surface area contributed by atoms with Crippen molar-refractivity contribution in [2.45, 2.75) is 25.7 Å². The molecule has 0 aliphatic carbocycles. The van der Waals surface area contributed by atoms with Gasteiger partial charge in [0.25, 0.3) is 0 Å². The summed E-state index contributed by atoms with van der Waals surface area (Å²) >= 11 is 0. The molecule has 6 heteroatoms. The maximum Gasteiger partial charge on any atom is 0.416 e. The predicted molar refractivity (Wildman–Crippen MR) is 91.5 cm³/mol. The number of amides is 1. The lowest BCUT2D eigenvalue weighted by atomic mass is 9.99. The molecule has 1 aliphatic heterocycles. The van der Waals surface area contributed by atoms with Crippen molar-refractivity contribution in [3.05, 3.63) is 77.4 Å². The SMILES string of the molecule is C=CC(=O)N1CCc2ccc(OCc3cccc(C(F)(F)F)c3)cc2C1. The van der Waals surface area contributed by atoms with Crippen molar-refractivity contribution in [2.24, 2.45) is 0 Å². The lowest BCUT2D eigenvalue weighted by Crippen LogP contribution is -2.34. The highest BCUT2D eigenvalue weighted by Crippen LogP contribution is 2.30. The Morgan fingerprint density at radius 3 is 2.73 bits per heavy atom. The van der Waals surface area contributed by atoms with Crippen LogP contribution < -0.4 is 4.74 Å². The van der Waals surface area contributed by atoms with E-state index in [0.717, 1.165) is 29.7 Å². The van der Waals surface area contributed by atoms with Gasteiger partial charge in [-0.2, -0.15) is 13.2 Å². The number of halogens is 3. The number of hydrogen-bond acceptors (Lipinski definition) is 2. The zero-order valence-electron chi connectivity index (χ0n) is 14.1. The average molecular weight is 361 g/mol. The lowest BCUT2D eigenvalue weighted by molar-refractivity contribution is -0.137. The minimum atomic E-state index is -4.37. The van der Waals surface area contributed by atoms with Gasteiger partial charge in [-0.25, -0.2) is 0 Å². The number of carbonyl (C=O) groups is 1. The van der Waals surface area contributed by atoms with Crippen LogP contribution in [0.3, 0.4) is 0 Å². The minimum Gasteiger partial charge on any atom is -0.489 e. The molecule has 1 aliphatic rings. The third kappa shape index (κ3) is 4.07. The van der Waals surface area contributed by atoms with Crippen molar-refractivity contribution in [2.75, 3.05) is 6.54 Å². The summed E-state index contributed by atoms with van der Waals surface area (Å²) in [6.45, 7) is 4.65. The maximum absolute atomic E-state index is 12.8. The molecule has 26 heavy (non-hydrogen) atoms. The van der Waals surface area contributed by atoms with Gasteiger partial charge in [-0.1, -0.05) is 24.8 Å². The van der Waals surface area contributed by atoms with Gasteiger partial charge in [0, 0.05) is 13.1 Å². The first-order chi connectivity index (χ1) is 12.4. The zero-order valence-corrected chi connectivity index (χ0v) is 14.1. The van der Waals surface area contributed by atoms with E-state index < -0.39 is 11.7 Å². The number of carbonyl (C=O) groups excluding carboxylic acids is 1. The molecule has 0 bridgehead atoms. The monoisotopic (exact) mass is 361 g/mol. The van der Waals surface area contributed by atoms with E-state index in [4.69, 9.17) is 4.74 Å². The molecular formula is C20H18F3NO2. The van der Waals surface area contributed by atoms with E-state index in [-0.39, 0.29) is 12.5 Å². The molecule has 136 valence electrons. The number of benzene rings is 2. The van der Waals surface area contributed by atoms with Crippen LogP contribution in [0.25, 0.3) is 0 Å². The number of alkyl halides is 3. The highest BCUT2D eigenvalue weighted by molar-refractivity contribution is 5.87. The third-order valence-electron chi connectivity index (χ3n) is 4.34. The third-order valence-corrected chi connectivity index (χ3v) is 4.34. The van der Waals surface area contributed by atoms with Gasteiger partial charge in [-0.15, -0.1) is 0 Å². The Kier molecular flexibility index (Phi) is 5.02. The van der Waals surface area contributed by atoms with Crippen LogP contribution in [-0.2, 0) is 30.5 Å². The molecule has 2 aromatic carbocycles. The molecule has 0 radical (unpaired) electrons. The summed E-state index contributed by atoms with van der Waals surface area (Å²) in [6, 6.07) is 10.7. The minimum absolute atomic E-state index is 0.0397. The molecule has 0 spiro atoms. The molecule has 0 unspecified atom stereocenters. The molecule has 0 fully saturated rings. The largest absolute Gasteiger partial charge is 0.489 e. The molecule has 0 atom stereocenters. The molecule has 0 aromatic heterocycles. The first-order valence-electron chi connectivity index (χ1n) is 8.19. The van der Waals surface area contributed by atoms with Crippen LogP contribution in [0.1, 0.15) is 22.3 Å². The zero-order chi connectivity index (χ0) is 18.7. The van der Waals surface area contributed by atoms with Gasteiger partial charge < -0.3 is 9.64 Å². The maximum atomic E-state index is 12.8. The summed E-state index contributed by atoms with van der Waals surface area (Å²) in [6.07, 6.45) is -2.33. The summed E-state index contributed by atoms with van der Waals surface area (Å²) in [4.78, 5) is 13.5. The number of rotatable bonds is 4. The normalized spacial score (nSPS) is 13.9. The molecule has 0 saturated carbocycles. The molecule has 3 nitrogen and oxygen atoms in total. The summed E-state index contributed by atoms with van der Waals surface area (Å²) < 4.78 is 44.0. The summed E-state index contributed by atoms with van der Waals surface area (Å²) in [5.41, 5.74) is 1.88. The van der Waals surface area contributed by atoms with Gasteiger partial charge in [0.05, 0.1) is 5.56 Å². The van der Waals surface area contributed by atoms with Crippen LogP contribution in [0.5, 0.6) is 5.75 Å².